The molecule has 0 aromatic heterocycles. The molecular weight excluding hydrogens is 1150 g/mol. The van der Waals surface area contributed by atoms with Gasteiger partial charge < -0.3 is 82.6 Å². The van der Waals surface area contributed by atoms with Gasteiger partial charge in [0.2, 0.25) is 11.8 Å². The molecule has 29 heteroatoms. The maximum Gasteiger partial charge on any atom is 1.00 e. The predicted molar refractivity (Wildman–Crippen MR) is 325 cm³/mol. The van der Waals surface area contributed by atoms with Gasteiger partial charge in [0.05, 0.1) is 46.8 Å². The predicted octanol–water partition coefficient (Wildman–Crippen LogP) is -2.37. The Morgan fingerprint density at radius 2 is 1.05 bits per heavy atom. The van der Waals surface area contributed by atoms with E-state index >= 15 is 0 Å². The second-order valence-electron chi connectivity index (χ2n) is 19.3. The van der Waals surface area contributed by atoms with E-state index in [2.05, 4.69) is 62.2 Å². The molecule has 88 heavy (non-hydrogen) atoms. The van der Waals surface area contributed by atoms with Crippen molar-refractivity contribution in [3.63, 3.8) is 0 Å². The standard InChI is InChI=1S/C18H23N5O4.C17H21N5O4.C13H16N2O3.C7H11NO2.C2H6.CH4O.CH4.Na.H2O/c1-27-17(26)14-9-13(22-16(25)12-5-3-2-4-6-12)11-23(14)15(24)10-21-18-19-7-8-20-18;23-14(9-20-17-18-6-7-19-17)22-10-12(8-13(22)16(25)26)21-15(24)11-4-2-1-3-5-11;1-18-13(17)11-7-10(8-14-11)15-12(16)9-5-3-2-4-6-9;9-7(10)4-3-6-2-1-5-8-6;2*1-2;;;/h2-6,13-14H,7-11H2,1H3,(H,22,25)(H2,19,20,21);1-5,12-13H,6-10H2,(H,21,24)(H,25,26)(H2,18,19,20);2-6,10-11,14H,7-8H2,1H3,(H,15,16);1-5H2,(H,9,10);1-2H3;2H,1H3;1H4;;1H2/q;;;;;;;+1;/p-1/t13-,14+;12-,13+;10-,11+;;;;;;/m111....../s1/i;;;;1D;;;;. The minimum Gasteiger partial charge on any atom is -0.870 e. The Bertz CT molecular complexity index is 2790. The number of benzene rings is 3. The summed E-state index contributed by atoms with van der Waals surface area (Å²) in [5, 5.41) is 48.2. The Kier molecular flexibility index (Phi) is 37.0. The first kappa shape index (κ1) is 76.1. The number of carboxylic acids is 2. The maximum atomic E-state index is 12.6. The average molecular weight is 1240 g/mol. The van der Waals surface area contributed by atoms with Crippen LogP contribution in [0.5, 0.6) is 0 Å². The first-order valence-electron chi connectivity index (χ1n) is 28.5. The molecule has 6 aliphatic heterocycles. The molecule has 6 heterocycles. The molecule has 0 aliphatic carbocycles. The summed E-state index contributed by atoms with van der Waals surface area (Å²) in [6, 6.07) is 23.7. The Hall–Kier alpha value is -8.02. The minimum atomic E-state index is -1.08. The number of nitrogens with one attached hydrogen (secondary N) is 8. The van der Waals surface area contributed by atoms with Crippen LogP contribution in [-0.4, -0.2) is 225 Å². The van der Waals surface area contributed by atoms with Gasteiger partial charge >= 0.3 is 53.4 Å². The van der Waals surface area contributed by atoms with E-state index in [1.54, 1.807) is 67.6 Å². The third-order valence-electron chi connectivity index (χ3n) is 13.5. The van der Waals surface area contributed by atoms with Crippen LogP contribution >= 0.6 is 0 Å². The third-order valence-corrected chi connectivity index (χ3v) is 13.5. The summed E-state index contributed by atoms with van der Waals surface area (Å²) in [5.74, 6) is -2.69. The molecule has 0 unspecified atom stereocenters. The van der Waals surface area contributed by atoms with Gasteiger partial charge in [0.15, 0.2) is 11.9 Å². The van der Waals surface area contributed by atoms with Crippen LogP contribution in [0.25, 0.3) is 0 Å². The quantitative estimate of drug-likeness (QED) is 0.0527. The number of hydrogen-bond acceptors (Lipinski definition) is 21. The smallest absolute Gasteiger partial charge is 0.870 e. The van der Waals surface area contributed by atoms with Crippen LogP contribution in [0.1, 0.15) is 98.6 Å². The van der Waals surface area contributed by atoms with Crippen LogP contribution < -0.4 is 72.1 Å². The molecule has 0 spiro atoms. The number of guanidine groups is 2. The molecule has 3 aromatic rings. The van der Waals surface area contributed by atoms with Crippen molar-refractivity contribution in [3.05, 3.63) is 108 Å². The van der Waals surface area contributed by atoms with Gasteiger partial charge in [0.25, 0.3) is 17.7 Å². The van der Waals surface area contributed by atoms with Crippen LogP contribution in [0.15, 0.2) is 106 Å². The summed E-state index contributed by atoms with van der Waals surface area (Å²) in [6.07, 6.45) is 4.05. The van der Waals surface area contributed by atoms with Crippen molar-refractivity contribution in [2.24, 2.45) is 15.0 Å². The number of carbonyl (C=O) groups is 9. The van der Waals surface area contributed by atoms with E-state index in [9.17, 15) is 48.3 Å². The van der Waals surface area contributed by atoms with Gasteiger partial charge in [-0.2, -0.15) is 0 Å². The number of amides is 5. The zero-order valence-corrected chi connectivity index (χ0v) is 51.9. The molecule has 3 saturated heterocycles. The van der Waals surface area contributed by atoms with Crippen molar-refractivity contribution in [2.75, 3.05) is 86.8 Å². The molecule has 3 aromatic carbocycles. The van der Waals surface area contributed by atoms with Gasteiger partial charge in [-0.05, 0) is 62.1 Å². The Morgan fingerprint density at radius 3 is 1.42 bits per heavy atom. The van der Waals surface area contributed by atoms with Crippen LogP contribution in [0.2, 0.25) is 0 Å². The number of nitrogens with zero attached hydrogens (tertiary/aromatic N) is 5. The maximum absolute atomic E-state index is 12.6. The normalized spacial score (nSPS) is 19.7. The average Bonchev–Trinajstić information content (AvgIpc) is 2.20. The molecule has 6 aliphatic rings. The van der Waals surface area contributed by atoms with Crippen molar-refractivity contribution < 1.29 is 104 Å². The Morgan fingerprint density at radius 1 is 0.625 bits per heavy atom. The number of carbonyl (C=O) groups excluding carboxylic acids is 7. The first-order valence-corrected chi connectivity index (χ1v) is 27.8. The molecule has 5 amide bonds. The Balaban J connectivity index is 0.000000597. The fraction of sp³-hybridized carbons (Fsp3) is 0.492. The molecule has 9 rings (SSSR count). The van der Waals surface area contributed by atoms with E-state index in [0.717, 1.165) is 38.8 Å². The molecular formula is C59H86N13NaO15. The van der Waals surface area contributed by atoms with E-state index in [1.807, 2.05) is 30.3 Å². The van der Waals surface area contributed by atoms with Crippen LogP contribution in [0, 0.1) is 0 Å². The van der Waals surface area contributed by atoms with E-state index in [4.69, 9.17) is 16.3 Å². The number of esters is 2. The summed E-state index contributed by atoms with van der Waals surface area (Å²) in [4.78, 5) is 122. The fourth-order valence-electron chi connectivity index (χ4n) is 9.38. The number of aliphatic hydroxyl groups is 1. The number of carboxylic acid groups (broad SMARTS) is 2. The summed E-state index contributed by atoms with van der Waals surface area (Å²) in [6.45, 7) is 6.91. The zero-order chi connectivity index (χ0) is 62.8. The van der Waals surface area contributed by atoms with Crippen molar-refractivity contribution in [3.8, 4) is 0 Å². The molecule has 0 saturated carbocycles. The van der Waals surface area contributed by atoms with Gasteiger partial charge in [0.1, 0.15) is 18.1 Å². The molecule has 12 N–H and O–H groups in total. The van der Waals surface area contributed by atoms with Crippen molar-refractivity contribution in [2.45, 2.75) is 102 Å². The van der Waals surface area contributed by atoms with Crippen LogP contribution in [0.4, 0.5) is 0 Å². The first-order chi connectivity index (χ1) is 41.5. The molecule has 6 atom stereocenters. The number of rotatable bonds is 16. The van der Waals surface area contributed by atoms with E-state index in [-0.39, 0.29) is 135 Å². The second kappa shape index (κ2) is 42.8. The number of ether oxygens (including phenoxy) is 2. The van der Waals surface area contributed by atoms with Gasteiger partial charge in [-0.1, -0.05) is 75.8 Å². The summed E-state index contributed by atoms with van der Waals surface area (Å²) in [5.41, 5.74) is 2.74. The largest absolute Gasteiger partial charge is 1.00 e. The SMILES string of the molecule is C.CO.COC(=O)[C@@H]1C[C@@H](NC(=O)c2ccccc2)CN1.COC(=O)[C@@H]1C[C@@H](NC(=O)c2ccccc2)CN1C(=O)CNC1=NCCN1.O=C(N[C@@H]1C[C@@H](C(=O)O)N(C(=O)CNC2=NCCN2)C1)c1ccccc1.O=C(O)CCC1=NCCC1.[2H]CC.[Na+].[OH-]. The summed E-state index contributed by atoms with van der Waals surface area (Å²) < 4.78 is 15.7. The Labute approximate surface area is 536 Å². The van der Waals surface area contributed by atoms with Gasteiger partial charge in [-0.25, -0.2) is 9.59 Å². The van der Waals surface area contributed by atoms with E-state index in [0.29, 0.717) is 81.0 Å². The molecule has 3 fully saturated rings. The summed E-state index contributed by atoms with van der Waals surface area (Å²) in [7, 11) is 3.65. The van der Waals surface area contributed by atoms with Crippen LogP contribution in [-0.2, 0) is 38.2 Å². The van der Waals surface area contributed by atoms with Gasteiger partial charge in [0, 0.05) is 101 Å². The number of aliphatic hydroxyl groups excluding tert-OH is 1. The van der Waals surface area contributed by atoms with Crippen LogP contribution in [0.3, 0.4) is 0 Å². The van der Waals surface area contributed by atoms with E-state index in [1.165, 1.54) is 24.0 Å². The molecule has 478 valence electrons. The summed E-state index contributed by atoms with van der Waals surface area (Å²) >= 11 is 0. The van der Waals surface area contributed by atoms with Crippen molar-refractivity contribution >= 4 is 71.0 Å². The second-order valence-corrected chi connectivity index (χ2v) is 19.3. The fourth-order valence-corrected chi connectivity index (χ4v) is 9.38. The van der Waals surface area contributed by atoms with Crippen molar-refractivity contribution in [1.82, 2.24) is 52.3 Å². The van der Waals surface area contributed by atoms with E-state index < -0.39 is 36.0 Å². The number of hydrogen-bond donors (Lipinski definition) is 11. The molecule has 0 bridgehead atoms. The minimum absolute atomic E-state index is 0. The zero-order valence-electron chi connectivity index (χ0n) is 50.9. The number of likely N-dealkylation sites (tertiary alicyclic amines) is 2. The number of aliphatic imine (C=N–C) groups is 3. The number of methoxy groups -OCH3 is 2. The topological polar surface area (TPSA) is 403 Å². The van der Waals surface area contributed by atoms with Gasteiger partial charge in [-0.3, -0.25) is 48.5 Å². The third kappa shape index (κ3) is 26.1. The van der Waals surface area contributed by atoms with Crippen molar-refractivity contribution in [1.29, 1.82) is 0 Å². The van der Waals surface area contributed by atoms with Gasteiger partial charge in [-0.15, -0.1) is 0 Å². The monoisotopic (exact) mass is 1240 g/mol. The number of aliphatic carboxylic acids is 2. The molecule has 28 nitrogen and oxygen atoms in total. The molecule has 0 radical (unpaired) electrons.